The van der Waals surface area contributed by atoms with Gasteiger partial charge in [-0.25, -0.2) is 0 Å². The smallest absolute Gasteiger partial charge is 0.186 e. The molecule has 0 amide bonds. The molecular weight excluding hydrogens is 844 g/mol. The molecule has 0 aromatic heterocycles. The zero-order valence-electron chi connectivity index (χ0n) is 37.5. The summed E-state index contributed by atoms with van der Waals surface area (Å²) >= 11 is 0. The van der Waals surface area contributed by atoms with Crippen LogP contribution in [-0.2, 0) is 33.2 Å². The minimum atomic E-state index is -1.66. The molecule has 370 valence electrons. The largest absolute Gasteiger partial charge is 0.394 e. The maximum absolute atomic E-state index is 12.0. The summed E-state index contributed by atoms with van der Waals surface area (Å²) in [6, 6.07) is 0. The average Bonchev–Trinajstić information content (AvgIpc) is 3.71. The van der Waals surface area contributed by atoms with Crippen LogP contribution in [0.15, 0.2) is 0 Å². The highest BCUT2D eigenvalue weighted by Gasteiger charge is 2.68. The molecule has 0 spiro atoms. The van der Waals surface area contributed by atoms with Gasteiger partial charge in [0.2, 0.25) is 0 Å². The van der Waals surface area contributed by atoms with Gasteiger partial charge in [-0.1, -0.05) is 27.7 Å². The number of aliphatic hydroxyl groups is 12. The van der Waals surface area contributed by atoms with Crippen LogP contribution in [0.25, 0.3) is 0 Å². The normalized spacial score (nSPS) is 55.6. The molecule has 12 N–H and O–H groups in total. The zero-order chi connectivity index (χ0) is 46.2. The van der Waals surface area contributed by atoms with Gasteiger partial charge >= 0.3 is 0 Å². The summed E-state index contributed by atoms with van der Waals surface area (Å²) in [6.07, 6.45) is -13.2. The standard InChI is InChI=1S/C45H76O19/c1-19(17-58-40-37(54)34(51)31(48)27(15-46)61-40)7-12-45(57)20(2)30-26(64-45)14-25-23-6-5-21-13-22(8-10-43(21,3)24(23)9-11-44(25,30)4)60-42-39(56)36(53)33(50)29(63-42)18-59-41-38(55)35(52)32(49)28(16-47)62-41/h19-42,46-57H,5-18H2,1-4H3/t19-,20+,21+,22+,23-,24+,25+,26+,27-,28-,29-,30+,31-,32-,33-,34+,35+,36+,37-,38-,39-,40-,41-,42-,43+,44+,45-/m1/s1. The SMILES string of the molecule is C[C@H](CC[C@@]1(O)O[C@H]2C[C@H]3[C@@H]4CC[C@H]5C[C@@H](O[C@@H]6O[C@H](CO[C@@H]7O[C@H](CO)[C@@H](O)[C@H](O)[C@H]7O)[C@@H](O)[C@H](O)[C@H]6O)CC[C@]5(C)[C@H]4CC[C@]3(C)[C@H]2[C@@H]1C)CO[C@@H]1O[C@H](CO)[C@@H](O)[C@H](O)[C@H]1O. The number of fused-ring (bicyclic) bond motifs is 7. The fourth-order valence-corrected chi connectivity index (χ4v) is 14.1. The van der Waals surface area contributed by atoms with Gasteiger partial charge in [-0.2, -0.15) is 0 Å². The van der Waals surface area contributed by atoms with Crippen molar-refractivity contribution in [2.45, 2.75) is 202 Å². The van der Waals surface area contributed by atoms with Crippen molar-refractivity contribution < 1.29 is 94.4 Å². The van der Waals surface area contributed by atoms with E-state index in [1.165, 1.54) is 0 Å². The Morgan fingerprint density at radius 2 is 1.19 bits per heavy atom. The predicted octanol–water partition coefficient (Wildman–Crippen LogP) is -1.78. The van der Waals surface area contributed by atoms with Gasteiger partial charge in [0.15, 0.2) is 24.7 Å². The maximum Gasteiger partial charge on any atom is 0.186 e. The molecule has 27 atom stereocenters. The van der Waals surface area contributed by atoms with Crippen molar-refractivity contribution in [1.82, 2.24) is 0 Å². The molecule has 0 bridgehead atoms. The Hall–Kier alpha value is -0.760. The highest BCUT2D eigenvalue weighted by Crippen LogP contribution is 2.71. The van der Waals surface area contributed by atoms with E-state index in [4.69, 9.17) is 33.2 Å². The van der Waals surface area contributed by atoms with E-state index in [2.05, 4.69) is 20.8 Å². The summed E-state index contributed by atoms with van der Waals surface area (Å²) in [5, 5.41) is 125. The third-order valence-electron chi connectivity index (χ3n) is 18.0. The van der Waals surface area contributed by atoms with E-state index < -0.39 is 118 Å². The second-order valence-electron chi connectivity index (χ2n) is 21.5. The van der Waals surface area contributed by atoms with Crippen molar-refractivity contribution in [3.8, 4) is 0 Å². The first-order valence-corrected chi connectivity index (χ1v) is 23.9. The van der Waals surface area contributed by atoms with Crippen molar-refractivity contribution >= 4 is 0 Å². The Kier molecular flexibility index (Phi) is 14.9. The van der Waals surface area contributed by atoms with Crippen LogP contribution in [-0.4, -0.2) is 198 Å². The number of ether oxygens (including phenoxy) is 7. The molecule has 0 aromatic rings. The molecule has 19 nitrogen and oxygen atoms in total. The van der Waals surface area contributed by atoms with Crippen LogP contribution in [0.2, 0.25) is 0 Å². The summed E-state index contributed by atoms with van der Waals surface area (Å²) < 4.78 is 41.3. The van der Waals surface area contributed by atoms with E-state index in [-0.39, 0.29) is 47.4 Å². The lowest BCUT2D eigenvalue weighted by Gasteiger charge is -2.61. The average molecular weight is 921 g/mol. The lowest BCUT2D eigenvalue weighted by atomic mass is 9.44. The highest BCUT2D eigenvalue weighted by atomic mass is 16.7. The lowest BCUT2D eigenvalue weighted by molar-refractivity contribution is -0.338. The van der Waals surface area contributed by atoms with Crippen LogP contribution in [0, 0.1) is 52.3 Å². The topological polar surface area (TPSA) is 307 Å². The van der Waals surface area contributed by atoms with Crippen LogP contribution < -0.4 is 0 Å². The first-order chi connectivity index (χ1) is 30.3. The molecule has 0 aromatic carbocycles. The Morgan fingerprint density at radius 3 is 1.81 bits per heavy atom. The number of aliphatic hydroxyl groups excluding tert-OH is 11. The molecule has 8 fully saturated rings. The molecule has 19 heteroatoms. The van der Waals surface area contributed by atoms with Crippen molar-refractivity contribution in [2.24, 2.45) is 52.3 Å². The summed E-state index contributed by atoms with van der Waals surface area (Å²) in [6.45, 7) is 7.53. The molecule has 4 saturated heterocycles. The van der Waals surface area contributed by atoms with Gasteiger partial charge in [-0.05, 0) is 104 Å². The molecule has 0 radical (unpaired) electrons. The van der Waals surface area contributed by atoms with E-state index in [0.29, 0.717) is 36.5 Å². The molecule has 8 rings (SSSR count). The highest BCUT2D eigenvalue weighted by molar-refractivity contribution is 5.15. The second kappa shape index (κ2) is 19.2. The van der Waals surface area contributed by atoms with Crippen LogP contribution in [0.3, 0.4) is 0 Å². The van der Waals surface area contributed by atoms with E-state index >= 15 is 0 Å². The summed E-state index contributed by atoms with van der Waals surface area (Å²) in [4.78, 5) is 0. The molecule has 4 heterocycles. The third-order valence-corrected chi connectivity index (χ3v) is 18.0. The first kappa shape index (κ1) is 49.7. The van der Waals surface area contributed by atoms with Gasteiger partial charge in [-0.3, -0.25) is 0 Å². The van der Waals surface area contributed by atoms with Gasteiger partial charge in [0.25, 0.3) is 0 Å². The summed E-state index contributed by atoms with van der Waals surface area (Å²) in [5.41, 5.74) is 0.0896. The molecule has 64 heavy (non-hydrogen) atoms. The molecule has 0 unspecified atom stereocenters. The maximum atomic E-state index is 12.0. The Labute approximate surface area is 374 Å². The van der Waals surface area contributed by atoms with E-state index in [0.717, 1.165) is 51.4 Å². The molecule has 4 aliphatic carbocycles. The fourth-order valence-electron chi connectivity index (χ4n) is 14.1. The Balaban J connectivity index is 0.833. The Bertz CT molecular complexity index is 1560. The van der Waals surface area contributed by atoms with Crippen molar-refractivity contribution in [3.63, 3.8) is 0 Å². The number of rotatable bonds is 13. The second-order valence-corrected chi connectivity index (χ2v) is 21.5. The predicted molar refractivity (Wildman–Crippen MR) is 219 cm³/mol. The number of hydrogen-bond acceptors (Lipinski definition) is 19. The van der Waals surface area contributed by atoms with Crippen LogP contribution in [0.1, 0.15) is 91.9 Å². The van der Waals surface area contributed by atoms with Gasteiger partial charge in [-0.15, -0.1) is 0 Å². The van der Waals surface area contributed by atoms with E-state index in [9.17, 15) is 61.3 Å². The minimum Gasteiger partial charge on any atom is -0.394 e. The van der Waals surface area contributed by atoms with Crippen molar-refractivity contribution in [2.75, 3.05) is 26.4 Å². The molecule has 4 aliphatic heterocycles. The van der Waals surface area contributed by atoms with Gasteiger partial charge in [0.1, 0.15) is 73.2 Å². The van der Waals surface area contributed by atoms with Crippen LogP contribution in [0.5, 0.6) is 0 Å². The molecular formula is C45H76O19. The molecule has 8 aliphatic rings. The monoisotopic (exact) mass is 920 g/mol. The Morgan fingerprint density at radius 1 is 0.625 bits per heavy atom. The van der Waals surface area contributed by atoms with E-state index in [1.807, 2.05) is 6.92 Å². The van der Waals surface area contributed by atoms with Crippen LogP contribution in [0.4, 0.5) is 0 Å². The third kappa shape index (κ3) is 8.76. The first-order valence-electron chi connectivity index (χ1n) is 23.9. The van der Waals surface area contributed by atoms with Gasteiger partial charge in [0.05, 0.1) is 38.6 Å². The van der Waals surface area contributed by atoms with Crippen LogP contribution >= 0.6 is 0 Å². The minimum absolute atomic E-state index is 0.0139. The molecule has 4 saturated carbocycles. The quantitative estimate of drug-likeness (QED) is 0.0909. The van der Waals surface area contributed by atoms with Gasteiger partial charge in [0, 0.05) is 12.3 Å². The number of hydrogen-bond donors (Lipinski definition) is 12. The summed E-state index contributed by atoms with van der Waals surface area (Å²) in [5.74, 6) is 0.654. The zero-order valence-corrected chi connectivity index (χ0v) is 37.5. The van der Waals surface area contributed by atoms with Crippen molar-refractivity contribution in [3.05, 3.63) is 0 Å². The summed E-state index contributed by atoms with van der Waals surface area (Å²) in [7, 11) is 0. The fraction of sp³-hybridized carbons (Fsp3) is 1.00. The van der Waals surface area contributed by atoms with E-state index in [1.54, 1.807) is 0 Å². The lowest BCUT2D eigenvalue weighted by Crippen LogP contribution is -2.62. The van der Waals surface area contributed by atoms with Crippen molar-refractivity contribution in [1.29, 1.82) is 0 Å². The van der Waals surface area contributed by atoms with Gasteiger partial charge < -0.3 is 94.4 Å².